The maximum atomic E-state index is 12.7. The highest BCUT2D eigenvalue weighted by atomic mass is 16.2. The van der Waals surface area contributed by atoms with Crippen LogP contribution in [0.5, 0.6) is 0 Å². The highest BCUT2D eigenvalue weighted by Crippen LogP contribution is 2.32. The number of rotatable bonds is 6. The topological polar surface area (TPSA) is 56.1 Å². The van der Waals surface area contributed by atoms with Gasteiger partial charge in [0, 0.05) is 19.6 Å². The number of nitrogens with zero attached hydrogens (tertiary/aromatic N) is 2. The van der Waals surface area contributed by atoms with E-state index in [-0.39, 0.29) is 11.3 Å². The van der Waals surface area contributed by atoms with Crippen LogP contribution in [0, 0.1) is 22.7 Å². The van der Waals surface area contributed by atoms with E-state index in [9.17, 15) is 4.79 Å². The third kappa shape index (κ3) is 3.46. The van der Waals surface area contributed by atoms with Gasteiger partial charge >= 0.3 is 0 Å². The zero-order valence-electron chi connectivity index (χ0n) is 11.8. The van der Waals surface area contributed by atoms with E-state index >= 15 is 0 Å². The van der Waals surface area contributed by atoms with Crippen LogP contribution in [0.1, 0.15) is 40.0 Å². The molecule has 102 valence electrons. The van der Waals surface area contributed by atoms with Crippen LogP contribution < -0.4 is 5.32 Å². The van der Waals surface area contributed by atoms with Crippen LogP contribution in [0.2, 0.25) is 0 Å². The Bertz CT molecular complexity index is 313. The van der Waals surface area contributed by atoms with Gasteiger partial charge in [0.05, 0.1) is 17.9 Å². The second-order valence-electron chi connectivity index (χ2n) is 5.61. The van der Waals surface area contributed by atoms with Crippen molar-refractivity contribution < 1.29 is 4.79 Å². The number of hydrogen-bond donors (Lipinski definition) is 1. The molecule has 1 heterocycles. The van der Waals surface area contributed by atoms with Crippen molar-refractivity contribution in [2.75, 3.05) is 26.2 Å². The quantitative estimate of drug-likeness (QED) is 0.783. The van der Waals surface area contributed by atoms with Gasteiger partial charge in [0.15, 0.2) is 0 Å². The van der Waals surface area contributed by atoms with Crippen LogP contribution in [-0.2, 0) is 4.79 Å². The van der Waals surface area contributed by atoms with Crippen molar-refractivity contribution in [2.45, 2.75) is 40.0 Å². The van der Waals surface area contributed by atoms with Gasteiger partial charge in [-0.2, -0.15) is 5.26 Å². The fraction of sp³-hybridized carbons (Fsp3) is 0.857. The standard InChI is InChI=1S/C14H25N3O/c1-4-14(6-8-16-11-14)13(18)17(9-5-7-15)10-12(2)3/h12,16H,4-6,8-11H2,1-3H3. The van der Waals surface area contributed by atoms with Gasteiger partial charge in [-0.05, 0) is 25.3 Å². The van der Waals surface area contributed by atoms with E-state index in [1.807, 2.05) is 4.90 Å². The Morgan fingerprint density at radius 1 is 1.56 bits per heavy atom. The lowest BCUT2D eigenvalue weighted by atomic mass is 9.82. The zero-order valence-corrected chi connectivity index (χ0v) is 11.8. The van der Waals surface area contributed by atoms with Crippen LogP contribution >= 0.6 is 0 Å². The SMILES string of the molecule is CCC1(C(=O)N(CCC#N)CC(C)C)CCNC1. The minimum atomic E-state index is -0.232. The molecule has 1 amide bonds. The number of carbonyl (C=O) groups is 1. The summed E-state index contributed by atoms with van der Waals surface area (Å²) in [6, 6.07) is 2.14. The Morgan fingerprint density at radius 2 is 2.28 bits per heavy atom. The number of nitrogens with one attached hydrogen (secondary N) is 1. The van der Waals surface area contributed by atoms with Crippen molar-refractivity contribution in [3.8, 4) is 6.07 Å². The average Bonchev–Trinajstić information content (AvgIpc) is 2.83. The summed E-state index contributed by atoms with van der Waals surface area (Å²) in [6.07, 6.45) is 2.22. The summed E-state index contributed by atoms with van der Waals surface area (Å²) in [6.45, 7) is 9.33. The molecule has 0 bridgehead atoms. The lowest BCUT2D eigenvalue weighted by Crippen LogP contribution is -2.46. The molecule has 0 aromatic heterocycles. The van der Waals surface area contributed by atoms with Gasteiger partial charge in [0.2, 0.25) is 5.91 Å². The fourth-order valence-electron chi connectivity index (χ4n) is 2.62. The van der Waals surface area contributed by atoms with Crippen LogP contribution in [0.3, 0.4) is 0 Å². The molecule has 0 aromatic carbocycles. The molecule has 1 aliphatic heterocycles. The molecule has 1 aliphatic rings. The van der Waals surface area contributed by atoms with Crippen molar-refractivity contribution in [3.05, 3.63) is 0 Å². The first-order valence-corrected chi connectivity index (χ1v) is 6.93. The molecule has 0 aliphatic carbocycles. The lowest BCUT2D eigenvalue weighted by Gasteiger charge is -2.34. The van der Waals surface area contributed by atoms with Crippen LogP contribution in [0.4, 0.5) is 0 Å². The fourth-order valence-corrected chi connectivity index (χ4v) is 2.62. The van der Waals surface area contributed by atoms with Gasteiger partial charge in [-0.3, -0.25) is 4.79 Å². The van der Waals surface area contributed by atoms with E-state index < -0.39 is 0 Å². The van der Waals surface area contributed by atoms with Gasteiger partial charge < -0.3 is 10.2 Å². The molecule has 1 fully saturated rings. The molecule has 18 heavy (non-hydrogen) atoms. The zero-order chi connectivity index (χ0) is 13.6. The Morgan fingerprint density at radius 3 is 2.72 bits per heavy atom. The Hall–Kier alpha value is -1.08. The molecule has 4 heteroatoms. The van der Waals surface area contributed by atoms with Gasteiger partial charge in [-0.15, -0.1) is 0 Å². The third-order valence-corrected chi connectivity index (χ3v) is 3.74. The molecule has 4 nitrogen and oxygen atoms in total. The second kappa shape index (κ2) is 6.75. The Kier molecular flexibility index (Phi) is 5.61. The summed E-state index contributed by atoms with van der Waals surface area (Å²) in [5.74, 6) is 0.676. The Balaban J connectivity index is 2.76. The highest BCUT2D eigenvalue weighted by Gasteiger charge is 2.41. The molecule has 1 unspecified atom stereocenters. The van der Waals surface area contributed by atoms with E-state index in [2.05, 4.69) is 32.2 Å². The monoisotopic (exact) mass is 251 g/mol. The van der Waals surface area contributed by atoms with E-state index in [4.69, 9.17) is 5.26 Å². The van der Waals surface area contributed by atoms with Crippen molar-refractivity contribution in [1.29, 1.82) is 5.26 Å². The molecule has 0 saturated carbocycles. The minimum Gasteiger partial charge on any atom is -0.341 e. The predicted octanol–water partition coefficient (Wildman–Crippen LogP) is 1.77. The molecule has 1 atom stereocenters. The lowest BCUT2D eigenvalue weighted by molar-refractivity contribution is -0.141. The first-order chi connectivity index (χ1) is 8.55. The molecule has 0 radical (unpaired) electrons. The van der Waals surface area contributed by atoms with E-state index in [0.29, 0.717) is 18.9 Å². The van der Waals surface area contributed by atoms with Crippen LogP contribution in [0.25, 0.3) is 0 Å². The molecule has 0 aromatic rings. The summed E-state index contributed by atoms with van der Waals surface area (Å²) >= 11 is 0. The van der Waals surface area contributed by atoms with Crippen molar-refractivity contribution in [2.24, 2.45) is 11.3 Å². The first-order valence-electron chi connectivity index (χ1n) is 6.93. The second-order valence-corrected chi connectivity index (χ2v) is 5.61. The normalized spacial score (nSPS) is 23.1. The largest absolute Gasteiger partial charge is 0.341 e. The maximum Gasteiger partial charge on any atom is 0.230 e. The molecule has 1 saturated heterocycles. The van der Waals surface area contributed by atoms with E-state index in [0.717, 1.165) is 32.5 Å². The summed E-state index contributed by atoms with van der Waals surface area (Å²) in [5, 5.41) is 12.0. The minimum absolute atomic E-state index is 0.232. The molecule has 1 N–H and O–H groups in total. The smallest absolute Gasteiger partial charge is 0.230 e. The molecule has 0 spiro atoms. The number of nitriles is 1. The maximum absolute atomic E-state index is 12.7. The molecular formula is C14H25N3O. The van der Waals surface area contributed by atoms with Crippen LogP contribution in [0.15, 0.2) is 0 Å². The van der Waals surface area contributed by atoms with Crippen molar-refractivity contribution in [3.63, 3.8) is 0 Å². The van der Waals surface area contributed by atoms with Gasteiger partial charge in [-0.25, -0.2) is 0 Å². The first kappa shape index (κ1) is 15.0. The molecular weight excluding hydrogens is 226 g/mol. The van der Waals surface area contributed by atoms with Gasteiger partial charge in [-0.1, -0.05) is 20.8 Å². The van der Waals surface area contributed by atoms with Crippen molar-refractivity contribution in [1.82, 2.24) is 10.2 Å². The van der Waals surface area contributed by atoms with Crippen molar-refractivity contribution >= 4 is 5.91 Å². The number of amides is 1. The third-order valence-electron chi connectivity index (χ3n) is 3.74. The number of hydrogen-bond acceptors (Lipinski definition) is 3. The summed E-state index contributed by atoms with van der Waals surface area (Å²) in [7, 11) is 0. The summed E-state index contributed by atoms with van der Waals surface area (Å²) in [4.78, 5) is 14.6. The average molecular weight is 251 g/mol. The van der Waals surface area contributed by atoms with Crippen LogP contribution in [-0.4, -0.2) is 37.0 Å². The van der Waals surface area contributed by atoms with E-state index in [1.165, 1.54) is 0 Å². The summed E-state index contributed by atoms with van der Waals surface area (Å²) in [5.41, 5.74) is -0.232. The predicted molar refractivity (Wildman–Crippen MR) is 71.9 cm³/mol. The van der Waals surface area contributed by atoms with Gasteiger partial charge in [0.25, 0.3) is 0 Å². The van der Waals surface area contributed by atoms with E-state index in [1.54, 1.807) is 0 Å². The highest BCUT2D eigenvalue weighted by molar-refractivity contribution is 5.83. The number of carbonyl (C=O) groups excluding carboxylic acids is 1. The Labute approximate surface area is 110 Å². The van der Waals surface area contributed by atoms with Gasteiger partial charge in [0.1, 0.15) is 0 Å². The summed E-state index contributed by atoms with van der Waals surface area (Å²) < 4.78 is 0. The molecule has 1 rings (SSSR count).